The van der Waals surface area contributed by atoms with Gasteiger partial charge >= 0.3 is 147 Å². The minimum absolute atomic E-state index is 0. The summed E-state index contributed by atoms with van der Waals surface area (Å²) in [6.45, 7) is 2.63. The molecule has 120 valence electrons. The predicted molar refractivity (Wildman–Crippen MR) is 94.4 cm³/mol. The molecule has 0 amide bonds. The van der Waals surface area contributed by atoms with Crippen molar-refractivity contribution in [3.8, 4) is 0 Å². The molecule has 3 aliphatic rings. The molecule has 1 fully saturated rings. The van der Waals surface area contributed by atoms with Gasteiger partial charge in [0.25, 0.3) is 0 Å². The molecule has 2 unspecified atom stereocenters. The number of hydrogen-bond acceptors (Lipinski definition) is 0. The molecule has 5 rings (SSSR count). The van der Waals surface area contributed by atoms with Gasteiger partial charge in [0.05, 0.1) is 0 Å². The molecule has 0 spiro atoms. The third kappa shape index (κ3) is 2.36. The first-order chi connectivity index (χ1) is 11.3. The van der Waals surface area contributed by atoms with E-state index in [0.29, 0.717) is 15.0 Å². The molecule has 2 aromatic rings. The van der Waals surface area contributed by atoms with Crippen LogP contribution in [0.25, 0.3) is 12.2 Å². The van der Waals surface area contributed by atoms with Gasteiger partial charge in [0.1, 0.15) is 0 Å². The summed E-state index contributed by atoms with van der Waals surface area (Å²) in [5, 5.41) is 0. The van der Waals surface area contributed by atoms with E-state index in [2.05, 4.69) is 79.8 Å². The van der Waals surface area contributed by atoms with Gasteiger partial charge in [-0.15, -0.1) is 0 Å². The van der Waals surface area contributed by atoms with E-state index in [9.17, 15) is 0 Å². The number of halogens is 1. The average Bonchev–Trinajstić information content (AvgIpc) is 3.21. The third-order valence-corrected chi connectivity index (χ3v) is 13.9. The van der Waals surface area contributed by atoms with Crippen molar-refractivity contribution in [2.75, 3.05) is 0 Å². The van der Waals surface area contributed by atoms with Crippen LogP contribution in [-0.4, -0.2) is 0 Å². The minimum Gasteiger partial charge on any atom is -1.00 e. The average molecular weight is 412 g/mol. The van der Waals surface area contributed by atoms with E-state index in [-0.39, 0.29) is 12.4 Å². The van der Waals surface area contributed by atoms with Gasteiger partial charge < -0.3 is 12.4 Å². The molecule has 2 aromatic carbocycles. The van der Waals surface area contributed by atoms with Gasteiger partial charge in [-0.1, -0.05) is 0 Å². The van der Waals surface area contributed by atoms with E-state index in [1.165, 1.54) is 11.1 Å². The van der Waals surface area contributed by atoms with Crippen LogP contribution < -0.4 is 12.4 Å². The molecule has 2 atom stereocenters. The smallest absolute Gasteiger partial charge is 1.00 e. The molecule has 0 nitrogen and oxygen atoms in total. The Labute approximate surface area is 158 Å². The standard InChI is InChI=1S/C20H17.C2H4.ClH.Zr/c1-14(17-12-10-15-6-2-4-8-19(15)17)18-13-11-16-7-3-5-9-20(16)18;1-2;;/h2-13,17-18H,1H3;1-2H2;1H;/q;;;+1/p-1. The van der Waals surface area contributed by atoms with Gasteiger partial charge in [-0.05, 0) is 0 Å². The van der Waals surface area contributed by atoms with Crippen molar-refractivity contribution in [1.29, 1.82) is 0 Å². The molecule has 1 heterocycles. The summed E-state index contributed by atoms with van der Waals surface area (Å²) >= 11 is -1.31. The predicted octanol–water partition coefficient (Wildman–Crippen LogP) is 3.26. The Morgan fingerprint density at radius 3 is 1.71 bits per heavy atom. The first kappa shape index (κ1) is 16.6. The Bertz CT molecular complexity index is 770. The van der Waals surface area contributed by atoms with E-state index < -0.39 is 21.8 Å². The fraction of sp³-hybridized carbons (Fsp3) is 0.273. The zero-order valence-electron chi connectivity index (χ0n) is 13.9. The number of allylic oxidation sites excluding steroid dienone is 2. The van der Waals surface area contributed by atoms with Gasteiger partial charge in [0, 0.05) is 0 Å². The molecule has 2 heteroatoms. The van der Waals surface area contributed by atoms with Crippen molar-refractivity contribution >= 4 is 12.2 Å². The van der Waals surface area contributed by atoms with Crippen LogP contribution in [0.15, 0.2) is 60.7 Å². The normalized spacial score (nSPS) is 25.0. The van der Waals surface area contributed by atoms with Gasteiger partial charge in [-0.3, -0.25) is 0 Å². The summed E-state index contributed by atoms with van der Waals surface area (Å²) in [5.41, 5.74) is 6.05. The maximum Gasteiger partial charge on any atom is -1.00 e. The molecule has 0 saturated carbocycles. The van der Waals surface area contributed by atoms with Gasteiger partial charge in [-0.2, -0.15) is 0 Å². The summed E-state index contributed by atoms with van der Waals surface area (Å²) in [6.07, 6.45) is 9.78. The molecular weight excluding hydrogens is 391 g/mol. The second-order valence-corrected chi connectivity index (χ2v) is 15.4. The SMILES string of the molecule is C[C](C1C=Cc2ccccc21)(C1C=Cc2ccccc21)[Zr+]1[CH2][CH2]1.[Cl-]. The Balaban J connectivity index is 0.00000146. The second kappa shape index (κ2) is 6.12. The van der Waals surface area contributed by atoms with Gasteiger partial charge in [-0.25, -0.2) is 0 Å². The van der Waals surface area contributed by atoms with Crippen molar-refractivity contribution < 1.29 is 34.2 Å². The Morgan fingerprint density at radius 2 is 1.25 bits per heavy atom. The molecule has 2 aliphatic carbocycles. The van der Waals surface area contributed by atoms with Crippen LogP contribution >= 0.6 is 0 Å². The second-order valence-electron chi connectivity index (χ2n) is 7.32. The Hall–Kier alpha value is -0.907. The molecule has 0 bridgehead atoms. The number of benzene rings is 2. The maximum absolute atomic E-state index is 2.63. The molecule has 1 saturated heterocycles. The summed E-state index contributed by atoms with van der Waals surface area (Å²) in [4.78, 5) is 0. The van der Waals surface area contributed by atoms with Crippen LogP contribution in [0, 0.1) is 0 Å². The zero-order valence-corrected chi connectivity index (χ0v) is 17.1. The zero-order chi connectivity index (χ0) is 15.4. The topological polar surface area (TPSA) is 0 Å². The van der Waals surface area contributed by atoms with Crippen molar-refractivity contribution in [3.63, 3.8) is 0 Å². The van der Waals surface area contributed by atoms with Crippen molar-refractivity contribution in [2.24, 2.45) is 0 Å². The van der Waals surface area contributed by atoms with Crippen LogP contribution in [0.2, 0.25) is 11.4 Å². The van der Waals surface area contributed by atoms with Crippen LogP contribution in [0.4, 0.5) is 0 Å². The first-order valence-electron chi connectivity index (χ1n) is 8.68. The van der Waals surface area contributed by atoms with Crippen molar-refractivity contribution in [3.05, 3.63) is 82.9 Å². The number of rotatable bonds is 3. The van der Waals surface area contributed by atoms with Gasteiger partial charge in [0.15, 0.2) is 0 Å². The van der Waals surface area contributed by atoms with Crippen molar-refractivity contribution in [1.82, 2.24) is 0 Å². The molecular formula is C22H21ClZr. The van der Waals surface area contributed by atoms with Crippen LogP contribution in [0.1, 0.15) is 41.0 Å². The molecule has 0 radical (unpaired) electrons. The van der Waals surface area contributed by atoms with E-state index in [1.54, 1.807) is 19.4 Å². The molecule has 0 N–H and O–H groups in total. The van der Waals surface area contributed by atoms with Crippen LogP contribution in [0.5, 0.6) is 0 Å². The quantitative estimate of drug-likeness (QED) is 0.727. The maximum atomic E-state index is 2.63. The fourth-order valence-electron chi connectivity index (χ4n) is 4.78. The molecule has 24 heavy (non-hydrogen) atoms. The van der Waals surface area contributed by atoms with E-state index in [1.807, 2.05) is 0 Å². The third-order valence-electron chi connectivity index (χ3n) is 6.15. The fourth-order valence-corrected chi connectivity index (χ4v) is 13.0. The summed E-state index contributed by atoms with van der Waals surface area (Å²) < 4.78 is 3.64. The largest absolute Gasteiger partial charge is 1.00 e. The van der Waals surface area contributed by atoms with Crippen molar-refractivity contribution in [2.45, 2.75) is 30.1 Å². The van der Waals surface area contributed by atoms with Gasteiger partial charge in [0.2, 0.25) is 0 Å². The monoisotopic (exact) mass is 410 g/mol. The van der Waals surface area contributed by atoms with E-state index in [0.717, 1.165) is 0 Å². The first-order valence-corrected chi connectivity index (χ1v) is 13.4. The Kier molecular flexibility index (Phi) is 4.22. The van der Waals surface area contributed by atoms with Crippen LogP contribution in [0.3, 0.4) is 0 Å². The number of hydrogen-bond donors (Lipinski definition) is 0. The summed E-state index contributed by atoms with van der Waals surface area (Å²) in [7, 11) is 0. The molecule has 0 aromatic heterocycles. The van der Waals surface area contributed by atoms with Crippen LogP contribution in [-0.2, 0) is 21.8 Å². The number of fused-ring (bicyclic) bond motifs is 2. The summed E-state index contributed by atoms with van der Waals surface area (Å²) in [6, 6.07) is 18.1. The Morgan fingerprint density at radius 1 is 0.792 bits per heavy atom. The van der Waals surface area contributed by atoms with E-state index in [4.69, 9.17) is 0 Å². The minimum atomic E-state index is -1.31. The molecule has 1 aliphatic heterocycles. The van der Waals surface area contributed by atoms with E-state index >= 15 is 0 Å². The summed E-state index contributed by atoms with van der Waals surface area (Å²) in [5.74, 6) is 1.24.